The maximum absolute atomic E-state index is 5.35. The van der Waals surface area contributed by atoms with Gasteiger partial charge in [-0.15, -0.1) is 0 Å². The van der Waals surface area contributed by atoms with E-state index in [0.29, 0.717) is 6.54 Å². The van der Waals surface area contributed by atoms with E-state index < -0.39 is 0 Å². The first-order chi connectivity index (χ1) is 7.76. The number of nitrogens with two attached hydrogens (primary N) is 1. The molecule has 0 aliphatic heterocycles. The highest BCUT2D eigenvalue weighted by molar-refractivity contribution is 5.37. The zero-order chi connectivity index (χ0) is 11.8. The quantitative estimate of drug-likeness (QED) is 0.778. The normalized spacial score (nSPS) is 10.0. The molecule has 86 valence electrons. The van der Waals surface area contributed by atoms with Gasteiger partial charge in [0.25, 0.3) is 0 Å². The maximum Gasteiger partial charge on any atom is 0.0555 e. The van der Waals surface area contributed by atoms with Crippen LogP contribution in [0.15, 0.2) is 24.3 Å². The molecule has 0 aromatic heterocycles. The Morgan fingerprint density at radius 2 is 2.19 bits per heavy atom. The Kier molecular flexibility index (Phi) is 5.63. The fraction of sp³-hybridized carbons (Fsp3) is 0.429. The second-order valence-electron chi connectivity index (χ2n) is 3.94. The molecule has 0 saturated heterocycles. The molecule has 0 amide bonds. The molecule has 2 heteroatoms. The van der Waals surface area contributed by atoms with Gasteiger partial charge in [-0.25, -0.2) is 0 Å². The number of hydrogen-bond acceptors (Lipinski definition) is 2. The summed E-state index contributed by atoms with van der Waals surface area (Å²) in [6.45, 7) is 4.71. The van der Waals surface area contributed by atoms with Crippen LogP contribution < -0.4 is 5.73 Å². The highest BCUT2D eigenvalue weighted by Gasteiger charge is 1.99. The van der Waals surface area contributed by atoms with E-state index >= 15 is 0 Å². The third kappa shape index (κ3) is 4.48. The van der Waals surface area contributed by atoms with Crippen LogP contribution in [0, 0.1) is 11.8 Å². The van der Waals surface area contributed by atoms with Crippen molar-refractivity contribution >= 4 is 0 Å². The fourth-order valence-corrected chi connectivity index (χ4v) is 1.67. The van der Waals surface area contributed by atoms with Crippen molar-refractivity contribution in [2.75, 3.05) is 20.1 Å². The molecule has 0 heterocycles. The van der Waals surface area contributed by atoms with E-state index in [9.17, 15) is 0 Å². The van der Waals surface area contributed by atoms with E-state index in [0.717, 1.165) is 18.7 Å². The van der Waals surface area contributed by atoms with Crippen molar-refractivity contribution in [1.82, 2.24) is 4.90 Å². The molecule has 0 radical (unpaired) electrons. The monoisotopic (exact) mass is 216 g/mol. The molecule has 16 heavy (non-hydrogen) atoms. The SMILES string of the molecule is CCCN(C)Cc1cccc(C#CCN)c1. The molecule has 0 aliphatic carbocycles. The lowest BCUT2D eigenvalue weighted by atomic mass is 10.1. The van der Waals surface area contributed by atoms with Crippen molar-refractivity contribution in [3.8, 4) is 11.8 Å². The standard InChI is InChI=1S/C14H20N2/c1-3-10-16(2)12-14-7-4-6-13(11-14)8-5-9-15/h4,6-7,11H,3,9-10,12,15H2,1-2H3. The zero-order valence-electron chi connectivity index (χ0n) is 10.2. The molecular weight excluding hydrogens is 196 g/mol. The molecule has 0 aliphatic rings. The molecule has 0 unspecified atom stereocenters. The molecule has 1 aromatic rings. The topological polar surface area (TPSA) is 29.3 Å². The Morgan fingerprint density at radius 3 is 2.88 bits per heavy atom. The summed E-state index contributed by atoms with van der Waals surface area (Å²) >= 11 is 0. The maximum atomic E-state index is 5.35. The van der Waals surface area contributed by atoms with Crippen molar-refractivity contribution < 1.29 is 0 Å². The summed E-state index contributed by atoms with van der Waals surface area (Å²) in [4.78, 5) is 2.31. The van der Waals surface area contributed by atoms with E-state index in [-0.39, 0.29) is 0 Å². The van der Waals surface area contributed by atoms with Crippen molar-refractivity contribution in [3.63, 3.8) is 0 Å². The molecule has 1 rings (SSSR count). The van der Waals surface area contributed by atoms with Crippen LogP contribution in [0.3, 0.4) is 0 Å². The van der Waals surface area contributed by atoms with Gasteiger partial charge in [-0.3, -0.25) is 0 Å². The molecule has 2 N–H and O–H groups in total. The molecule has 0 fully saturated rings. The number of benzene rings is 1. The Morgan fingerprint density at radius 1 is 1.38 bits per heavy atom. The number of hydrogen-bond donors (Lipinski definition) is 1. The summed E-state index contributed by atoms with van der Waals surface area (Å²) in [5.41, 5.74) is 7.71. The minimum absolute atomic E-state index is 0.417. The molecule has 1 aromatic carbocycles. The number of nitrogens with zero attached hydrogens (tertiary/aromatic N) is 1. The van der Waals surface area contributed by atoms with Crippen molar-refractivity contribution in [2.24, 2.45) is 5.73 Å². The van der Waals surface area contributed by atoms with Gasteiger partial charge in [0.05, 0.1) is 6.54 Å². The van der Waals surface area contributed by atoms with Crippen LogP contribution in [0.5, 0.6) is 0 Å². The zero-order valence-corrected chi connectivity index (χ0v) is 10.2. The second kappa shape index (κ2) is 7.05. The van der Waals surface area contributed by atoms with E-state index in [2.05, 4.69) is 48.9 Å². The van der Waals surface area contributed by atoms with E-state index in [1.165, 1.54) is 12.0 Å². The van der Waals surface area contributed by atoms with Crippen LogP contribution in [-0.2, 0) is 6.54 Å². The van der Waals surface area contributed by atoms with Crippen LogP contribution in [0.1, 0.15) is 24.5 Å². The van der Waals surface area contributed by atoms with Gasteiger partial charge < -0.3 is 10.6 Å². The minimum atomic E-state index is 0.417. The summed E-state index contributed by atoms with van der Waals surface area (Å²) in [7, 11) is 2.14. The van der Waals surface area contributed by atoms with Gasteiger partial charge in [0.2, 0.25) is 0 Å². The largest absolute Gasteiger partial charge is 0.320 e. The summed E-state index contributed by atoms with van der Waals surface area (Å²) in [6, 6.07) is 8.34. The van der Waals surface area contributed by atoms with Gasteiger partial charge in [-0.2, -0.15) is 0 Å². The van der Waals surface area contributed by atoms with E-state index in [4.69, 9.17) is 5.73 Å². The average Bonchev–Trinajstić information content (AvgIpc) is 2.27. The molecule has 2 nitrogen and oxygen atoms in total. The van der Waals surface area contributed by atoms with Gasteiger partial charge in [0.15, 0.2) is 0 Å². The average molecular weight is 216 g/mol. The first kappa shape index (κ1) is 12.8. The third-order valence-electron chi connectivity index (χ3n) is 2.32. The molecule has 0 spiro atoms. The lowest BCUT2D eigenvalue weighted by Crippen LogP contribution is -2.18. The Bertz CT molecular complexity index is 374. The lowest BCUT2D eigenvalue weighted by molar-refractivity contribution is 0.327. The molecule has 0 bridgehead atoms. The van der Waals surface area contributed by atoms with E-state index in [1.807, 2.05) is 6.07 Å². The Hall–Kier alpha value is -1.30. The van der Waals surface area contributed by atoms with Crippen molar-refractivity contribution in [3.05, 3.63) is 35.4 Å². The number of rotatable bonds is 4. The van der Waals surface area contributed by atoms with Gasteiger partial charge in [0.1, 0.15) is 0 Å². The van der Waals surface area contributed by atoms with Crippen LogP contribution in [0.4, 0.5) is 0 Å². The minimum Gasteiger partial charge on any atom is -0.320 e. The molecule has 0 atom stereocenters. The Labute approximate surface area is 98.4 Å². The predicted octanol–water partition coefficient (Wildman–Crippen LogP) is 1.84. The third-order valence-corrected chi connectivity index (χ3v) is 2.32. The van der Waals surface area contributed by atoms with Gasteiger partial charge in [-0.1, -0.05) is 30.9 Å². The highest BCUT2D eigenvalue weighted by Crippen LogP contribution is 2.06. The first-order valence-electron chi connectivity index (χ1n) is 5.72. The van der Waals surface area contributed by atoms with Crippen LogP contribution in [0.2, 0.25) is 0 Å². The highest BCUT2D eigenvalue weighted by atomic mass is 15.1. The van der Waals surface area contributed by atoms with Gasteiger partial charge in [0, 0.05) is 12.1 Å². The van der Waals surface area contributed by atoms with E-state index in [1.54, 1.807) is 0 Å². The van der Waals surface area contributed by atoms with Crippen molar-refractivity contribution in [1.29, 1.82) is 0 Å². The fourth-order valence-electron chi connectivity index (χ4n) is 1.67. The molecular formula is C14H20N2. The smallest absolute Gasteiger partial charge is 0.0555 e. The van der Waals surface area contributed by atoms with Gasteiger partial charge >= 0.3 is 0 Å². The molecule has 0 saturated carbocycles. The van der Waals surface area contributed by atoms with Crippen LogP contribution >= 0.6 is 0 Å². The predicted molar refractivity (Wildman–Crippen MR) is 69.0 cm³/mol. The van der Waals surface area contributed by atoms with Crippen LogP contribution in [-0.4, -0.2) is 25.0 Å². The second-order valence-corrected chi connectivity index (χ2v) is 3.94. The van der Waals surface area contributed by atoms with Gasteiger partial charge in [-0.05, 0) is 37.7 Å². The summed E-state index contributed by atoms with van der Waals surface area (Å²) in [5, 5.41) is 0. The first-order valence-corrected chi connectivity index (χ1v) is 5.72. The lowest BCUT2D eigenvalue weighted by Gasteiger charge is -2.15. The summed E-state index contributed by atoms with van der Waals surface area (Å²) in [5.74, 6) is 5.93. The summed E-state index contributed by atoms with van der Waals surface area (Å²) < 4.78 is 0. The van der Waals surface area contributed by atoms with Crippen molar-refractivity contribution in [2.45, 2.75) is 19.9 Å². The summed E-state index contributed by atoms with van der Waals surface area (Å²) in [6.07, 6.45) is 1.18. The Balaban J connectivity index is 2.67. The van der Waals surface area contributed by atoms with Crippen LogP contribution in [0.25, 0.3) is 0 Å².